The highest BCUT2D eigenvalue weighted by Gasteiger charge is 2.35. The molecule has 0 aromatic heterocycles. The predicted molar refractivity (Wildman–Crippen MR) is 162 cm³/mol. The van der Waals surface area contributed by atoms with Crippen LogP contribution in [0.3, 0.4) is 0 Å². The molecule has 3 rings (SSSR count). The van der Waals surface area contributed by atoms with Crippen molar-refractivity contribution in [3.05, 3.63) is 77.3 Å². The number of hydrogen-bond acceptors (Lipinski definition) is 7. The Morgan fingerprint density at radius 2 is 1.55 bits per heavy atom. The molecule has 0 saturated carbocycles. The number of likely N-dealkylation sites (N-methyl/N-ethyl adjacent to an activating group) is 1. The summed E-state index contributed by atoms with van der Waals surface area (Å²) < 4.78 is 45.4. The van der Waals surface area contributed by atoms with E-state index in [9.17, 15) is 18.0 Å². The fraction of sp³-hybridized carbons (Fsp3) is 0.333. The van der Waals surface area contributed by atoms with Gasteiger partial charge in [-0.1, -0.05) is 48.9 Å². The van der Waals surface area contributed by atoms with E-state index in [0.717, 1.165) is 9.87 Å². The second-order valence-electron chi connectivity index (χ2n) is 9.21. The molecule has 0 fully saturated rings. The normalized spacial score (nSPS) is 11.8. The molecule has 12 heteroatoms. The minimum Gasteiger partial charge on any atom is -0.495 e. The monoisotopic (exact) mass is 617 g/mol. The molecule has 3 aromatic carbocycles. The maximum Gasteiger partial charge on any atom is 0.265 e. The van der Waals surface area contributed by atoms with Gasteiger partial charge in [0.25, 0.3) is 10.0 Å². The van der Waals surface area contributed by atoms with Gasteiger partial charge in [-0.05, 0) is 48.7 Å². The molecule has 1 N–H and O–H groups in total. The standard InChI is InChI=1S/C30H36ClN3O7S/c1-6-24(30(36)32-2)33(17-16-21-10-8-7-9-11-21)29(35)20-34(25-18-22(31)12-14-26(25)39-3)42(37,38)23-13-15-27(40-4)28(19-23)41-5/h7-15,18-19,24H,6,16-17,20H2,1-5H3,(H,32,36)/t24-/m1/s1. The van der Waals surface area contributed by atoms with Gasteiger partial charge in [-0.3, -0.25) is 13.9 Å². The van der Waals surface area contributed by atoms with Gasteiger partial charge in [0.2, 0.25) is 11.8 Å². The summed E-state index contributed by atoms with van der Waals surface area (Å²) in [5.74, 6) is -0.215. The third-order valence-electron chi connectivity index (χ3n) is 6.75. The van der Waals surface area contributed by atoms with E-state index in [-0.39, 0.29) is 39.6 Å². The Morgan fingerprint density at radius 1 is 0.905 bits per heavy atom. The van der Waals surface area contributed by atoms with E-state index in [2.05, 4.69) is 5.32 Å². The lowest BCUT2D eigenvalue weighted by atomic mass is 10.1. The van der Waals surface area contributed by atoms with Crippen LogP contribution in [0.1, 0.15) is 18.9 Å². The van der Waals surface area contributed by atoms with E-state index < -0.39 is 28.5 Å². The maximum atomic E-state index is 14.2. The highest BCUT2D eigenvalue weighted by molar-refractivity contribution is 7.92. The molecule has 0 radical (unpaired) electrons. The third-order valence-corrected chi connectivity index (χ3v) is 8.74. The zero-order valence-electron chi connectivity index (χ0n) is 24.3. The first kappa shape index (κ1) is 32.6. The van der Waals surface area contributed by atoms with Gasteiger partial charge in [-0.25, -0.2) is 8.42 Å². The molecule has 0 aliphatic rings. The summed E-state index contributed by atoms with van der Waals surface area (Å²) in [5.41, 5.74) is 1.03. The summed E-state index contributed by atoms with van der Waals surface area (Å²) in [7, 11) is 1.31. The summed E-state index contributed by atoms with van der Waals surface area (Å²) in [6, 6.07) is 17.3. The molecule has 2 amide bonds. The summed E-state index contributed by atoms with van der Waals surface area (Å²) in [6.45, 7) is 1.35. The quantitative estimate of drug-likeness (QED) is 0.289. The molecule has 0 spiro atoms. The summed E-state index contributed by atoms with van der Waals surface area (Å²) >= 11 is 6.29. The molecule has 0 aliphatic carbocycles. The van der Waals surface area contributed by atoms with Crippen molar-refractivity contribution in [2.24, 2.45) is 0 Å². The number of anilines is 1. The van der Waals surface area contributed by atoms with Crippen LogP contribution in [0.2, 0.25) is 5.02 Å². The predicted octanol–water partition coefficient (Wildman–Crippen LogP) is 4.16. The van der Waals surface area contributed by atoms with Gasteiger partial charge in [0, 0.05) is 24.7 Å². The van der Waals surface area contributed by atoms with Crippen LogP contribution in [-0.2, 0) is 26.0 Å². The molecular weight excluding hydrogens is 582 g/mol. The van der Waals surface area contributed by atoms with Gasteiger partial charge < -0.3 is 24.4 Å². The average Bonchev–Trinajstić information content (AvgIpc) is 3.01. The van der Waals surface area contributed by atoms with Crippen LogP contribution in [0.4, 0.5) is 5.69 Å². The van der Waals surface area contributed by atoms with Crippen LogP contribution >= 0.6 is 11.6 Å². The number of hydrogen-bond donors (Lipinski definition) is 1. The van der Waals surface area contributed by atoms with E-state index in [1.165, 1.54) is 63.6 Å². The van der Waals surface area contributed by atoms with Crippen LogP contribution < -0.4 is 23.8 Å². The SMILES string of the molecule is CC[C@H](C(=O)NC)N(CCc1ccccc1)C(=O)CN(c1cc(Cl)ccc1OC)S(=O)(=O)c1ccc(OC)c(OC)c1. The van der Waals surface area contributed by atoms with Crippen LogP contribution in [-0.4, -0.2) is 72.6 Å². The Hall–Kier alpha value is -3.96. The van der Waals surface area contributed by atoms with E-state index in [1.54, 1.807) is 13.0 Å². The van der Waals surface area contributed by atoms with Crippen molar-refractivity contribution in [1.82, 2.24) is 10.2 Å². The number of rotatable bonds is 14. The first-order chi connectivity index (χ1) is 20.1. The van der Waals surface area contributed by atoms with E-state index in [0.29, 0.717) is 18.6 Å². The Balaban J connectivity index is 2.12. The van der Waals surface area contributed by atoms with Crippen molar-refractivity contribution in [2.45, 2.75) is 30.7 Å². The van der Waals surface area contributed by atoms with Crippen molar-refractivity contribution in [2.75, 3.05) is 45.8 Å². The number of methoxy groups -OCH3 is 3. The number of ether oxygens (including phenoxy) is 3. The molecule has 0 aliphatic heterocycles. The molecular formula is C30H36ClN3O7S. The molecule has 1 atom stereocenters. The molecule has 0 unspecified atom stereocenters. The number of benzene rings is 3. The molecule has 42 heavy (non-hydrogen) atoms. The van der Waals surface area contributed by atoms with E-state index >= 15 is 0 Å². The Bertz CT molecular complexity index is 1490. The van der Waals surface area contributed by atoms with Crippen LogP contribution in [0, 0.1) is 0 Å². The third kappa shape index (κ3) is 7.46. The first-order valence-corrected chi connectivity index (χ1v) is 15.1. The topological polar surface area (TPSA) is 114 Å². The number of carbonyl (C=O) groups is 2. The van der Waals surface area contributed by atoms with Gasteiger partial charge in [-0.15, -0.1) is 0 Å². The molecule has 0 bridgehead atoms. The second-order valence-corrected chi connectivity index (χ2v) is 11.5. The smallest absolute Gasteiger partial charge is 0.265 e. The van der Waals surface area contributed by atoms with Crippen molar-refractivity contribution >= 4 is 39.1 Å². The first-order valence-electron chi connectivity index (χ1n) is 13.2. The Morgan fingerprint density at radius 3 is 2.14 bits per heavy atom. The number of nitrogens with one attached hydrogen (secondary N) is 1. The lowest BCUT2D eigenvalue weighted by Crippen LogP contribution is -2.52. The lowest BCUT2D eigenvalue weighted by molar-refractivity contribution is -0.139. The van der Waals surface area contributed by atoms with Crippen LogP contribution in [0.15, 0.2) is 71.6 Å². The highest BCUT2D eigenvalue weighted by atomic mass is 35.5. The Labute approximate surface area is 252 Å². The maximum absolute atomic E-state index is 14.2. The zero-order chi connectivity index (χ0) is 30.9. The van der Waals surface area contributed by atoms with E-state index in [1.807, 2.05) is 30.3 Å². The lowest BCUT2D eigenvalue weighted by Gasteiger charge is -2.33. The summed E-state index contributed by atoms with van der Waals surface area (Å²) in [6.07, 6.45) is 0.784. The van der Waals surface area contributed by atoms with Crippen molar-refractivity contribution in [1.29, 1.82) is 0 Å². The molecule has 0 saturated heterocycles. The fourth-order valence-corrected chi connectivity index (χ4v) is 6.14. The molecule has 10 nitrogen and oxygen atoms in total. The van der Waals surface area contributed by atoms with Crippen molar-refractivity contribution < 1.29 is 32.2 Å². The van der Waals surface area contributed by atoms with Crippen LogP contribution in [0.5, 0.6) is 17.2 Å². The number of nitrogens with zero attached hydrogens (tertiary/aromatic N) is 2. The van der Waals surface area contributed by atoms with Gasteiger partial charge in [0.05, 0.1) is 31.9 Å². The average molecular weight is 618 g/mol. The minimum absolute atomic E-state index is 0.0594. The van der Waals surface area contributed by atoms with E-state index in [4.69, 9.17) is 25.8 Å². The number of carbonyl (C=O) groups excluding carboxylic acids is 2. The van der Waals surface area contributed by atoms with Crippen molar-refractivity contribution in [3.8, 4) is 17.2 Å². The largest absolute Gasteiger partial charge is 0.495 e. The van der Waals surface area contributed by atoms with Gasteiger partial charge in [0.1, 0.15) is 18.3 Å². The second kappa shape index (κ2) is 14.8. The zero-order valence-corrected chi connectivity index (χ0v) is 25.9. The van der Waals surface area contributed by atoms with Gasteiger partial charge >= 0.3 is 0 Å². The van der Waals surface area contributed by atoms with Gasteiger partial charge in [0.15, 0.2) is 11.5 Å². The molecule has 0 heterocycles. The molecule has 3 aromatic rings. The van der Waals surface area contributed by atoms with Gasteiger partial charge in [-0.2, -0.15) is 0 Å². The molecule has 226 valence electrons. The minimum atomic E-state index is -4.40. The highest BCUT2D eigenvalue weighted by Crippen LogP contribution is 2.37. The van der Waals surface area contributed by atoms with Crippen LogP contribution in [0.25, 0.3) is 0 Å². The summed E-state index contributed by atoms with van der Waals surface area (Å²) in [4.78, 5) is 28.2. The fourth-order valence-electron chi connectivity index (χ4n) is 4.54. The number of amides is 2. The number of halogens is 1. The van der Waals surface area contributed by atoms with Crippen molar-refractivity contribution in [3.63, 3.8) is 0 Å². The Kier molecular flexibility index (Phi) is 11.5. The summed E-state index contributed by atoms with van der Waals surface area (Å²) in [5, 5.41) is 2.85. The number of sulfonamides is 1.